The zero-order chi connectivity index (χ0) is 16.8. The van der Waals surface area contributed by atoms with Gasteiger partial charge in [0.05, 0.1) is 6.54 Å². The summed E-state index contributed by atoms with van der Waals surface area (Å²) in [6, 6.07) is 8.65. The molecule has 1 aromatic rings. The van der Waals surface area contributed by atoms with Crippen molar-refractivity contribution in [2.75, 3.05) is 13.2 Å². The first-order valence-corrected chi connectivity index (χ1v) is 8.56. The molecular weight excluding hydrogens is 377 g/mol. The first-order chi connectivity index (χ1) is 10.1. The van der Waals surface area contributed by atoms with Crippen molar-refractivity contribution in [1.82, 2.24) is 4.72 Å². The van der Waals surface area contributed by atoms with E-state index in [4.69, 9.17) is 39.5 Å². The van der Waals surface area contributed by atoms with Crippen LogP contribution in [-0.2, 0) is 24.0 Å². The van der Waals surface area contributed by atoms with E-state index in [0.717, 1.165) is 0 Å². The van der Waals surface area contributed by atoms with Crippen molar-refractivity contribution in [3.05, 3.63) is 35.9 Å². The molecule has 10 heteroatoms. The predicted molar refractivity (Wildman–Crippen MR) is 84.1 cm³/mol. The summed E-state index contributed by atoms with van der Waals surface area (Å²) in [5.41, 5.74) is 0.627. The largest absolute Gasteiger partial charge is 0.456 e. The van der Waals surface area contributed by atoms with E-state index in [1.54, 1.807) is 30.3 Å². The molecule has 0 heterocycles. The van der Waals surface area contributed by atoms with Crippen molar-refractivity contribution in [3.63, 3.8) is 0 Å². The summed E-state index contributed by atoms with van der Waals surface area (Å²) in [7, 11) is -4.15. The first-order valence-electron chi connectivity index (χ1n) is 6.02. The van der Waals surface area contributed by atoms with Crippen molar-refractivity contribution >= 4 is 51.1 Å². The Labute approximate surface area is 143 Å². The lowest BCUT2D eigenvalue weighted by Crippen LogP contribution is -2.33. The predicted octanol–water partition coefficient (Wildman–Crippen LogP) is 2.51. The first kappa shape index (κ1) is 19.5. The van der Waals surface area contributed by atoms with E-state index in [-0.39, 0.29) is 6.54 Å². The highest BCUT2D eigenvalue weighted by atomic mass is 35.6. The van der Waals surface area contributed by atoms with Crippen LogP contribution in [0.3, 0.4) is 0 Å². The number of hydrogen-bond donors (Lipinski definition) is 1. The van der Waals surface area contributed by atoms with Crippen molar-refractivity contribution < 1.29 is 22.1 Å². The number of carbonyl (C=O) groups excluding carboxylic acids is 1. The van der Waals surface area contributed by atoms with Crippen molar-refractivity contribution in [2.45, 2.75) is 16.8 Å². The van der Waals surface area contributed by atoms with Gasteiger partial charge in [-0.3, -0.25) is 8.98 Å². The summed E-state index contributed by atoms with van der Waals surface area (Å²) >= 11 is 16.2. The number of rotatable bonds is 7. The van der Waals surface area contributed by atoms with E-state index in [1.165, 1.54) is 6.92 Å². The van der Waals surface area contributed by atoms with Gasteiger partial charge in [-0.05, 0) is 5.56 Å². The van der Waals surface area contributed by atoms with E-state index in [9.17, 15) is 13.2 Å². The number of nitrogens with one attached hydrogen (secondary N) is 1. The molecule has 0 spiro atoms. The van der Waals surface area contributed by atoms with Gasteiger partial charge >= 0.3 is 16.3 Å². The number of esters is 1. The standard InChI is InChI=1S/C12H14Cl3NO5S/c1-9(17)21-11(10-5-3-2-4-6-10)7-16-22(18,19)20-8-12(13,14)15/h2-6,11,16H,7-8H2,1H3. The van der Waals surface area contributed by atoms with Crippen LogP contribution in [0, 0.1) is 0 Å². The second-order valence-electron chi connectivity index (χ2n) is 4.19. The van der Waals surface area contributed by atoms with Gasteiger partial charge in [0.2, 0.25) is 3.79 Å². The maximum absolute atomic E-state index is 11.6. The molecule has 124 valence electrons. The minimum atomic E-state index is -4.15. The van der Waals surface area contributed by atoms with Crippen molar-refractivity contribution in [2.24, 2.45) is 0 Å². The second kappa shape index (κ2) is 8.33. The van der Waals surface area contributed by atoms with Gasteiger partial charge in [0.25, 0.3) is 0 Å². The highest BCUT2D eigenvalue weighted by Crippen LogP contribution is 2.26. The number of carbonyl (C=O) groups is 1. The third-order valence-corrected chi connectivity index (χ3v) is 3.58. The van der Waals surface area contributed by atoms with Crippen LogP contribution in [0.15, 0.2) is 30.3 Å². The van der Waals surface area contributed by atoms with Gasteiger partial charge in [-0.1, -0.05) is 65.1 Å². The Bertz CT molecular complexity index is 589. The summed E-state index contributed by atoms with van der Waals surface area (Å²) in [6.07, 6.45) is -0.801. The number of ether oxygens (including phenoxy) is 1. The number of alkyl halides is 3. The Morgan fingerprint density at radius 3 is 2.36 bits per heavy atom. The lowest BCUT2D eigenvalue weighted by Gasteiger charge is -2.18. The Morgan fingerprint density at radius 2 is 1.86 bits per heavy atom. The third-order valence-electron chi connectivity index (χ3n) is 2.30. The molecule has 0 aliphatic rings. The zero-order valence-corrected chi connectivity index (χ0v) is 14.5. The average Bonchev–Trinajstić information content (AvgIpc) is 2.41. The molecule has 0 bridgehead atoms. The highest BCUT2D eigenvalue weighted by Gasteiger charge is 2.25. The normalized spacial score (nSPS) is 13.6. The molecule has 1 atom stereocenters. The van der Waals surface area contributed by atoms with Crippen LogP contribution in [-0.4, -0.2) is 31.3 Å². The van der Waals surface area contributed by atoms with E-state index >= 15 is 0 Å². The number of halogens is 3. The molecule has 0 aliphatic heterocycles. The third kappa shape index (κ3) is 8.17. The topological polar surface area (TPSA) is 81.7 Å². The summed E-state index contributed by atoms with van der Waals surface area (Å²) in [5, 5.41) is 0. The Balaban J connectivity index is 2.69. The van der Waals surface area contributed by atoms with Gasteiger partial charge < -0.3 is 4.74 Å². The molecule has 0 fully saturated rings. The van der Waals surface area contributed by atoms with Gasteiger partial charge in [0.1, 0.15) is 12.7 Å². The van der Waals surface area contributed by atoms with E-state index < -0.39 is 32.8 Å². The molecule has 1 rings (SSSR count). The van der Waals surface area contributed by atoms with Crippen LogP contribution in [0.5, 0.6) is 0 Å². The minimum absolute atomic E-state index is 0.216. The maximum Gasteiger partial charge on any atom is 0.336 e. The zero-order valence-electron chi connectivity index (χ0n) is 11.5. The van der Waals surface area contributed by atoms with Crippen LogP contribution in [0.4, 0.5) is 0 Å². The van der Waals surface area contributed by atoms with E-state index in [1.807, 2.05) is 0 Å². The molecule has 6 nitrogen and oxygen atoms in total. The molecule has 0 aliphatic carbocycles. The van der Waals surface area contributed by atoms with Crippen LogP contribution in [0.25, 0.3) is 0 Å². The molecule has 1 aromatic carbocycles. The molecule has 0 aromatic heterocycles. The number of hydrogen-bond acceptors (Lipinski definition) is 5. The van der Waals surface area contributed by atoms with Crippen LogP contribution in [0.1, 0.15) is 18.6 Å². The average molecular weight is 391 g/mol. The fraction of sp³-hybridized carbons (Fsp3) is 0.417. The highest BCUT2D eigenvalue weighted by molar-refractivity contribution is 7.84. The minimum Gasteiger partial charge on any atom is -0.456 e. The molecule has 0 saturated heterocycles. The van der Waals surface area contributed by atoms with E-state index in [2.05, 4.69) is 8.91 Å². The number of benzene rings is 1. The van der Waals surface area contributed by atoms with Crippen molar-refractivity contribution in [3.8, 4) is 0 Å². The van der Waals surface area contributed by atoms with Gasteiger partial charge in [0, 0.05) is 6.92 Å². The summed E-state index contributed by atoms with van der Waals surface area (Å²) in [4.78, 5) is 11.1. The fourth-order valence-corrected chi connectivity index (χ4v) is 2.59. The van der Waals surface area contributed by atoms with Gasteiger partial charge in [0.15, 0.2) is 0 Å². The van der Waals surface area contributed by atoms with E-state index in [0.29, 0.717) is 5.56 Å². The Hall–Kier alpha value is -0.570. The lowest BCUT2D eigenvalue weighted by molar-refractivity contribution is -0.146. The van der Waals surface area contributed by atoms with Gasteiger partial charge in [-0.15, -0.1) is 0 Å². The Morgan fingerprint density at radius 1 is 1.27 bits per heavy atom. The van der Waals surface area contributed by atoms with Crippen LogP contribution >= 0.6 is 34.8 Å². The molecular formula is C12H14Cl3NO5S. The second-order valence-corrected chi connectivity index (χ2v) is 8.14. The lowest BCUT2D eigenvalue weighted by atomic mass is 10.1. The quantitative estimate of drug-likeness (QED) is 0.571. The van der Waals surface area contributed by atoms with Crippen molar-refractivity contribution in [1.29, 1.82) is 0 Å². The fourth-order valence-electron chi connectivity index (χ4n) is 1.46. The van der Waals surface area contributed by atoms with Gasteiger partial charge in [-0.25, -0.2) is 0 Å². The molecule has 0 saturated carbocycles. The molecule has 1 N–H and O–H groups in total. The molecule has 22 heavy (non-hydrogen) atoms. The summed E-state index contributed by atoms with van der Waals surface area (Å²) in [6.45, 7) is 0.367. The Kier molecular flexibility index (Phi) is 7.37. The monoisotopic (exact) mass is 389 g/mol. The molecule has 0 radical (unpaired) electrons. The van der Waals surface area contributed by atoms with Crippen LogP contribution < -0.4 is 4.72 Å². The molecule has 0 amide bonds. The molecule has 1 unspecified atom stereocenters. The smallest absolute Gasteiger partial charge is 0.336 e. The van der Waals surface area contributed by atoms with Gasteiger partial charge in [-0.2, -0.15) is 13.1 Å². The SMILES string of the molecule is CC(=O)OC(CNS(=O)(=O)OCC(Cl)(Cl)Cl)c1ccccc1. The summed E-state index contributed by atoms with van der Waals surface area (Å²) in [5.74, 6) is -0.546. The van der Waals surface area contributed by atoms with Crippen LogP contribution in [0.2, 0.25) is 0 Å². The maximum atomic E-state index is 11.6. The summed E-state index contributed by atoms with van der Waals surface area (Å²) < 4.78 is 33.2.